The van der Waals surface area contributed by atoms with Gasteiger partial charge in [0, 0.05) is 5.92 Å². The number of Topliss-reactive ketones (excluding diaryl/α,β-unsaturated/α-hetero) is 1. The Kier molecular flexibility index (Phi) is 4.13. The van der Waals surface area contributed by atoms with Crippen molar-refractivity contribution in [1.29, 1.82) is 0 Å². The summed E-state index contributed by atoms with van der Waals surface area (Å²) in [5.41, 5.74) is -7.42. The number of aliphatic hydroxyl groups is 6. The average Bonchev–Trinajstić information content (AvgIpc) is 2.85. The molecule has 0 unspecified atom stereocenters. The molecule has 4 rings (SSSR count). The van der Waals surface area contributed by atoms with E-state index in [0.717, 1.165) is 5.57 Å². The molecule has 0 aromatic rings. The molecule has 4 aliphatic rings. The number of fused-ring (bicyclic) bond motifs is 5. The minimum Gasteiger partial charge on any atom is -0.393 e. The quantitative estimate of drug-likeness (QED) is 0.338. The summed E-state index contributed by atoms with van der Waals surface area (Å²) in [4.78, 5) is 12.3. The standard InChI is InChI=1S/C21H32O7/c1-11(22)19(26)8-9-21(28)18(19,3)16(25)14(24)15-17(2)6-5-13(23)10-12(17)4-7-20(15,21)27/h4,13-16,23-28H,5-10H2,1-3H3/t13-,14-,15+,16+,17-,18+,19+,20-,21+/m0/s1. The normalized spacial score (nSPS) is 58.4. The molecule has 6 N–H and O–H groups in total. The highest BCUT2D eigenvalue weighted by atomic mass is 16.4. The van der Waals surface area contributed by atoms with Crippen LogP contribution in [0.3, 0.4) is 0 Å². The molecule has 0 amide bonds. The van der Waals surface area contributed by atoms with Crippen LogP contribution in [0.2, 0.25) is 0 Å². The van der Waals surface area contributed by atoms with E-state index in [9.17, 15) is 35.4 Å². The lowest BCUT2D eigenvalue weighted by atomic mass is 9.41. The molecule has 0 spiro atoms. The van der Waals surface area contributed by atoms with Crippen molar-refractivity contribution < 1.29 is 35.4 Å². The van der Waals surface area contributed by atoms with E-state index >= 15 is 0 Å². The maximum Gasteiger partial charge on any atom is 0.162 e. The first-order valence-corrected chi connectivity index (χ1v) is 10.2. The number of aliphatic hydroxyl groups excluding tert-OH is 3. The van der Waals surface area contributed by atoms with Crippen LogP contribution in [0.5, 0.6) is 0 Å². The molecule has 0 radical (unpaired) electrons. The third kappa shape index (κ3) is 1.94. The van der Waals surface area contributed by atoms with Crippen LogP contribution in [0, 0.1) is 16.7 Å². The molecule has 0 aromatic heterocycles. The predicted molar refractivity (Wildman–Crippen MR) is 99.0 cm³/mol. The molecular weight excluding hydrogens is 364 g/mol. The lowest BCUT2D eigenvalue weighted by Crippen LogP contribution is -2.81. The maximum absolute atomic E-state index is 12.3. The van der Waals surface area contributed by atoms with Crippen molar-refractivity contribution in [1.82, 2.24) is 0 Å². The summed E-state index contributed by atoms with van der Waals surface area (Å²) in [5.74, 6) is -1.48. The Balaban J connectivity index is 1.92. The van der Waals surface area contributed by atoms with Crippen molar-refractivity contribution in [3.8, 4) is 0 Å². The first-order chi connectivity index (χ1) is 12.8. The van der Waals surface area contributed by atoms with E-state index in [0.29, 0.717) is 19.3 Å². The SMILES string of the molecule is CC(=O)[C@]1(O)CC[C@@]2(O)[C@]1(C)[C@H](O)[C@@H](O)[C@@H]1[C@@]3(C)CC[C@H](O)CC3=CC[C@]12O. The van der Waals surface area contributed by atoms with Crippen molar-refractivity contribution in [2.45, 2.75) is 94.4 Å². The van der Waals surface area contributed by atoms with Gasteiger partial charge in [-0.1, -0.05) is 25.5 Å². The van der Waals surface area contributed by atoms with E-state index in [1.807, 2.05) is 13.0 Å². The van der Waals surface area contributed by atoms with Crippen molar-refractivity contribution in [3.05, 3.63) is 11.6 Å². The highest BCUT2D eigenvalue weighted by Crippen LogP contribution is 2.70. The first-order valence-electron chi connectivity index (χ1n) is 10.2. The summed E-state index contributed by atoms with van der Waals surface area (Å²) in [7, 11) is 0. The summed E-state index contributed by atoms with van der Waals surface area (Å²) < 4.78 is 0. The molecule has 0 aromatic carbocycles. The van der Waals surface area contributed by atoms with Gasteiger partial charge in [0.15, 0.2) is 5.78 Å². The molecular formula is C21H32O7. The van der Waals surface area contributed by atoms with Crippen LogP contribution in [-0.4, -0.2) is 71.5 Å². The number of hydrogen-bond acceptors (Lipinski definition) is 7. The molecule has 3 saturated carbocycles. The van der Waals surface area contributed by atoms with E-state index < -0.39 is 57.6 Å². The van der Waals surface area contributed by atoms with E-state index in [1.54, 1.807) is 0 Å². The molecule has 0 saturated heterocycles. The Bertz CT molecular complexity index is 751. The molecule has 7 nitrogen and oxygen atoms in total. The van der Waals surface area contributed by atoms with Gasteiger partial charge in [0.1, 0.15) is 16.8 Å². The average molecular weight is 396 g/mol. The molecule has 0 heterocycles. The third-order valence-corrected chi connectivity index (χ3v) is 9.17. The minimum atomic E-state index is -2.05. The molecule has 3 fully saturated rings. The summed E-state index contributed by atoms with van der Waals surface area (Å²) in [6, 6.07) is 0. The first kappa shape index (κ1) is 20.4. The zero-order valence-corrected chi connectivity index (χ0v) is 16.7. The van der Waals surface area contributed by atoms with Crippen molar-refractivity contribution in [3.63, 3.8) is 0 Å². The Morgan fingerprint density at radius 3 is 2.32 bits per heavy atom. The second-order valence-electron chi connectivity index (χ2n) is 10.1. The predicted octanol–water partition coefficient (Wildman–Crippen LogP) is -0.198. The van der Waals surface area contributed by atoms with Gasteiger partial charge in [0.05, 0.1) is 23.7 Å². The van der Waals surface area contributed by atoms with Gasteiger partial charge < -0.3 is 30.6 Å². The second kappa shape index (κ2) is 5.65. The number of ketones is 1. The second-order valence-corrected chi connectivity index (χ2v) is 10.1. The van der Waals surface area contributed by atoms with Crippen molar-refractivity contribution >= 4 is 5.78 Å². The number of carbonyl (C=O) groups is 1. The van der Waals surface area contributed by atoms with Crippen LogP contribution < -0.4 is 0 Å². The lowest BCUT2D eigenvalue weighted by Gasteiger charge is -2.68. The minimum absolute atomic E-state index is 0.0269. The van der Waals surface area contributed by atoms with Gasteiger partial charge >= 0.3 is 0 Å². The highest BCUT2D eigenvalue weighted by Gasteiger charge is 2.82. The van der Waals surface area contributed by atoms with E-state index in [2.05, 4.69) is 0 Å². The monoisotopic (exact) mass is 396 g/mol. The van der Waals surface area contributed by atoms with E-state index in [-0.39, 0.29) is 19.3 Å². The van der Waals surface area contributed by atoms with Crippen LogP contribution in [0.15, 0.2) is 11.6 Å². The fourth-order valence-electron chi connectivity index (χ4n) is 7.35. The number of hydrogen-bond donors (Lipinski definition) is 6. The van der Waals surface area contributed by atoms with Crippen molar-refractivity contribution in [2.75, 3.05) is 0 Å². The lowest BCUT2D eigenvalue weighted by molar-refractivity contribution is -0.340. The molecule has 28 heavy (non-hydrogen) atoms. The molecule has 4 aliphatic carbocycles. The largest absolute Gasteiger partial charge is 0.393 e. The number of carbonyl (C=O) groups excluding carboxylic acids is 1. The molecule has 0 aliphatic heterocycles. The van der Waals surface area contributed by atoms with Gasteiger partial charge in [0.25, 0.3) is 0 Å². The summed E-state index contributed by atoms with van der Waals surface area (Å²) >= 11 is 0. The topological polar surface area (TPSA) is 138 Å². The zero-order valence-electron chi connectivity index (χ0n) is 16.7. The van der Waals surface area contributed by atoms with E-state index in [1.165, 1.54) is 13.8 Å². The smallest absolute Gasteiger partial charge is 0.162 e. The van der Waals surface area contributed by atoms with Crippen LogP contribution in [0.1, 0.15) is 59.3 Å². The highest BCUT2D eigenvalue weighted by molar-refractivity contribution is 5.87. The van der Waals surface area contributed by atoms with Crippen molar-refractivity contribution in [2.24, 2.45) is 16.7 Å². The van der Waals surface area contributed by atoms with Crippen LogP contribution in [0.4, 0.5) is 0 Å². The van der Waals surface area contributed by atoms with Gasteiger partial charge in [-0.15, -0.1) is 0 Å². The van der Waals surface area contributed by atoms with Crippen LogP contribution >= 0.6 is 0 Å². The Labute approximate surface area is 164 Å². The fraction of sp³-hybridized carbons (Fsp3) is 0.857. The summed E-state index contributed by atoms with van der Waals surface area (Å²) in [6.45, 7) is 4.50. The fourth-order valence-corrected chi connectivity index (χ4v) is 7.35. The van der Waals surface area contributed by atoms with Gasteiger partial charge in [0.2, 0.25) is 0 Å². The van der Waals surface area contributed by atoms with E-state index in [4.69, 9.17) is 0 Å². The summed E-state index contributed by atoms with van der Waals surface area (Å²) in [5, 5.41) is 67.4. The van der Waals surface area contributed by atoms with Crippen LogP contribution in [0.25, 0.3) is 0 Å². The van der Waals surface area contributed by atoms with Gasteiger partial charge in [-0.2, -0.15) is 0 Å². The Hall–Kier alpha value is -0.830. The maximum atomic E-state index is 12.3. The molecule has 7 heteroatoms. The Morgan fingerprint density at radius 2 is 1.71 bits per heavy atom. The van der Waals surface area contributed by atoms with Gasteiger partial charge in [-0.3, -0.25) is 4.79 Å². The van der Waals surface area contributed by atoms with Gasteiger partial charge in [-0.05, 0) is 50.9 Å². The third-order valence-electron chi connectivity index (χ3n) is 9.17. The number of rotatable bonds is 1. The molecule has 9 atom stereocenters. The summed E-state index contributed by atoms with van der Waals surface area (Å²) in [6.07, 6.45) is -0.399. The van der Waals surface area contributed by atoms with Gasteiger partial charge in [-0.25, -0.2) is 0 Å². The van der Waals surface area contributed by atoms with Crippen LogP contribution in [-0.2, 0) is 4.79 Å². The molecule has 0 bridgehead atoms. The molecule has 158 valence electrons. The zero-order chi connectivity index (χ0) is 20.9. The Morgan fingerprint density at radius 1 is 1.07 bits per heavy atom.